The normalized spacial score (nSPS) is 12.0. The fourth-order valence-corrected chi connectivity index (χ4v) is 9.75. The third-order valence-electron chi connectivity index (χ3n) is 14.1. The number of unbranched alkanes of at least 4 members (excludes halogenated alkanes) is 39. The van der Waals surface area contributed by atoms with Crippen molar-refractivity contribution >= 4 is 0 Å². The number of aryl methyl sites for hydroxylation is 3. The van der Waals surface area contributed by atoms with Crippen molar-refractivity contribution in [3.8, 4) is 0 Å². The second kappa shape index (κ2) is 54.3. The van der Waals surface area contributed by atoms with Crippen LogP contribution in [0.5, 0.6) is 0 Å². The lowest BCUT2D eigenvalue weighted by molar-refractivity contribution is 0.577. The molecule has 66 heavy (non-hydrogen) atoms. The molecule has 0 aliphatic rings. The molecule has 384 valence electrons. The van der Waals surface area contributed by atoms with Crippen LogP contribution in [-0.4, -0.2) is 19.6 Å². The van der Waals surface area contributed by atoms with Crippen molar-refractivity contribution < 1.29 is 0 Å². The van der Waals surface area contributed by atoms with Gasteiger partial charge in [0.05, 0.1) is 0 Å². The van der Waals surface area contributed by atoms with E-state index in [0.29, 0.717) is 0 Å². The van der Waals surface area contributed by atoms with Crippen LogP contribution in [0, 0.1) is 0 Å². The Morgan fingerprint density at radius 2 is 0.348 bits per heavy atom. The molecule has 0 saturated heterocycles. The van der Waals surface area contributed by atoms with E-state index in [4.69, 9.17) is 17.2 Å². The third-order valence-corrected chi connectivity index (χ3v) is 14.1. The summed E-state index contributed by atoms with van der Waals surface area (Å²) >= 11 is 0. The maximum atomic E-state index is 5.60. The van der Waals surface area contributed by atoms with Gasteiger partial charge in [-0.1, -0.05) is 228 Å². The van der Waals surface area contributed by atoms with Gasteiger partial charge in [0.1, 0.15) is 0 Å². The number of hydrogen-bond donors (Lipinski definition) is 3. The summed E-state index contributed by atoms with van der Waals surface area (Å²) in [5, 5.41) is 0. The minimum Gasteiger partial charge on any atom is -0.330 e. The lowest BCUT2D eigenvalue weighted by Gasteiger charge is -2.11. The lowest BCUT2D eigenvalue weighted by Crippen LogP contribution is -1.97. The molecule has 0 aliphatic carbocycles. The number of rotatable bonds is 54. The van der Waals surface area contributed by atoms with Crippen LogP contribution in [0.25, 0.3) is 0 Å². The Morgan fingerprint density at radius 3 is 0.530 bits per heavy atom. The zero-order chi connectivity index (χ0) is 47.2. The van der Waals surface area contributed by atoms with Gasteiger partial charge in [-0.25, -0.2) is 0 Å². The third kappa shape index (κ3) is 47.4. The fraction of sp³-hybridized carbons (Fsp3) is 0.810. The lowest BCUT2D eigenvalue weighted by atomic mass is 9.95. The Balaban J connectivity index is 2.29. The van der Waals surface area contributed by atoms with Gasteiger partial charge in [-0.05, 0) is 171 Å². The molecule has 0 fully saturated rings. The predicted molar refractivity (Wildman–Crippen MR) is 300 cm³/mol. The van der Waals surface area contributed by atoms with Crippen LogP contribution in [0.1, 0.15) is 306 Å². The highest BCUT2D eigenvalue weighted by molar-refractivity contribution is 5.31. The van der Waals surface area contributed by atoms with E-state index in [0.717, 1.165) is 19.6 Å². The molecule has 0 aromatic heterocycles. The second-order valence-corrected chi connectivity index (χ2v) is 20.7. The van der Waals surface area contributed by atoms with Crippen molar-refractivity contribution in [1.29, 1.82) is 0 Å². The summed E-state index contributed by atoms with van der Waals surface area (Å²) in [6.07, 6.45) is 79.5. The monoisotopic (exact) mass is 916 g/mol. The summed E-state index contributed by atoms with van der Waals surface area (Å²) in [5.41, 5.74) is 21.7. The maximum absolute atomic E-state index is 5.60. The highest BCUT2D eigenvalue weighted by Gasteiger charge is 2.05. The van der Waals surface area contributed by atoms with Gasteiger partial charge in [0.15, 0.2) is 0 Å². The summed E-state index contributed by atoms with van der Waals surface area (Å²) in [6.45, 7) is 2.56. The average Bonchev–Trinajstić information content (AvgIpc) is 3.32. The van der Waals surface area contributed by atoms with Crippen molar-refractivity contribution in [3.05, 3.63) is 71.3 Å². The topological polar surface area (TPSA) is 78.1 Å². The largest absolute Gasteiger partial charge is 0.330 e. The number of nitrogens with two attached hydrogens (primary N) is 3. The van der Waals surface area contributed by atoms with E-state index in [1.54, 1.807) is 16.7 Å². The Hall–Kier alpha value is -1.68. The van der Waals surface area contributed by atoms with E-state index in [9.17, 15) is 0 Å². The van der Waals surface area contributed by atoms with E-state index in [1.165, 1.54) is 308 Å². The Labute approximate surface area is 414 Å². The smallest absolute Gasteiger partial charge is 0.00773 e. The molecular weight excluding hydrogens is 799 g/mol. The molecule has 0 bridgehead atoms. The van der Waals surface area contributed by atoms with E-state index in [2.05, 4.69) is 54.7 Å². The first-order valence-electron chi connectivity index (χ1n) is 30.0. The molecule has 1 aromatic carbocycles. The Kier molecular flexibility index (Phi) is 51.3. The molecule has 6 N–H and O–H groups in total. The summed E-state index contributed by atoms with van der Waals surface area (Å²) < 4.78 is 0. The molecule has 0 spiro atoms. The van der Waals surface area contributed by atoms with Crippen LogP contribution in [0.3, 0.4) is 0 Å². The van der Waals surface area contributed by atoms with Gasteiger partial charge in [0.2, 0.25) is 0 Å². The molecule has 0 atom stereocenters. The summed E-state index contributed by atoms with van der Waals surface area (Å²) in [7, 11) is 0. The molecule has 0 unspecified atom stereocenters. The number of hydrogen-bond acceptors (Lipinski definition) is 3. The predicted octanol–water partition coefficient (Wildman–Crippen LogP) is 19.4. The molecule has 0 aliphatic heterocycles. The Bertz CT molecular complexity index is 1010. The van der Waals surface area contributed by atoms with Crippen LogP contribution in [0.15, 0.2) is 54.7 Å². The van der Waals surface area contributed by atoms with Crippen LogP contribution in [0.4, 0.5) is 0 Å². The van der Waals surface area contributed by atoms with E-state index in [-0.39, 0.29) is 0 Å². The molecule has 0 heterocycles. The van der Waals surface area contributed by atoms with Crippen LogP contribution in [0.2, 0.25) is 0 Å². The SMILES string of the molecule is NCCCCCCCCC=CCCCCCCCCCc1cc(CCCCCCCCCC=CCCCCCCCCN)cc(CCCCCCCCCC=CCCCCCCCCN)c1. The van der Waals surface area contributed by atoms with Crippen molar-refractivity contribution in [2.45, 2.75) is 308 Å². The van der Waals surface area contributed by atoms with Gasteiger partial charge < -0.3 is 17.2 Å². The fourth-order valence-electron chi connectivity index (χ4n) is 9.75. The standard InChI is InChI=1S/C63H117N3/c64-55-49-43-37-31-25-19-13-7-1-4-10-16-22-28-34-40-46-52-61-58-62(53-47-41-35-29-23-17-11-5-2-8-14-20-26-32-38-44-50-56-65)60-63(59-61)54-48-42-36-30-24-18-12-6-3-9-15-21-27-33-39-45-51-57-66/h1-3,7-9,58-60H,4-6,10-57,64-66H2. The minimum absolute atomic E-state index is 0.855. The van der Waals surface area contributed by atoms with Crippen molar-refractivity contribution in [2.75, 3.05) is 19.6 Å². The molecule has 3 nitrogen and oxygen atoms in total. The second-order valence-electron chi connectivity index (χ2n) is 20.7. The van der Waals surface area contributed by atoms with Crippen LogP contribution >= 0.6 is 0 Å². The van der Waals surface area contributed by atoms with Gasteiger partial charge in [0, 0.05) is 0 Å². The number of benzene rings is 1. The van der Waals surface area contributed by atoms with E-state index in [1.807, 2.05) is 0 Å². The zero-order valence-electron chi connectivity index (χ0n) is 44.5. The zero-order valence-corrected chi connectivity index (χ0v) is 44.5. The maximum Gasteiger partial charge on any atom is -0.00773 e. The average molecular weight is 917 g/mol. The van der Waals surface area contributed by atoms with E-state index < -0.39 is 0 Å². The van der Waals surface area contributed by atoms with Gasteiger partial charge >= 0.3 is 0 Å². The summed E-state index contributed by atoms with van der Waals surface area (Å²) in [6, 6.07) is 7.79. The van der Waals surface area contributed by atoms with Gasteiger partial charge in [-0.3, -0.25) is 0 Å². The van der Waals surface area contributed by atoms with Crippen molar-refractivity contribution in [1.82, 2.24) is 0 Å². The highest BCUT2D eigenvalue weighted by atomic mass is 14.5. The first-order valence-corrected chi connectivity index (χ1v) is 30.0. The molecule has 0 saturated carbocycles. The highest BCUT2D eigenvalue weighted by Crippen LogP contribution is 2.21. The van der Waals surface area contributed by atoms with E-state index >= 15 is 0 Å². The summed E-state index contributed by atoms with van der Waals surface area (Å²) in [4.78, 5) is 0. The molecular formula is C63H117N3. The summed E-state index contributed by atoms with van der Waals surface area (Å²) in [5.74, 6) is 0. The first kappa shape index (κ1) is 62.3. The molecule has 1 rings (SSSR count). The van der Waals surface area contributed by atoms with Crippen LogP contribution < -0.4 is 17.2 Å². The van der Waals surface area contributed by atoms with Crippen molar-refractivity contribution in [3.63, 3.8) is 0 Å². The van der Waals surface area contributed by atoms with Gasteiger partial charge in [0.25, 0.3) is 0 Å². The minimum atomic E-state index is 0.855. The molecule has 0 radical (unpaired) electrons. The quantitative estimate of drug-likeness (QED) is 0.0450. The molecule has 1 aromatic rings. The van der Waals surface area contributed by atoms with Gasteiger partial charge in [-0.2, -0.15) is 0 Å². The van der Waals surface area contributed by atoms with Crippen LogP contribution in [-0.2, 0) is 19.3 Å². The first-order chi connectivity index (χ1) is 32.8. The van der Waals surface area contributed by atoms with Crippen molar-refractivity contribution in [2.24, 2.45) is 17.2 Å². The van der Waals surface area contributed by atoms with Gasteiger partial charge in [-0.15, -0.1) is 0 Å². The Morgan fingerprint density at radius 1 is 0.197 bits per heavy atom. The molecule has 0 amide bonds. The molecule has 3 heteroatoms. The number of allylic oxidation sites excluding steroid dienone is 6.